The highest BCUT2D eigenvalue weighted by Crippen LogP contribution is 2.31. The van der Waals surface area contributed by atoms with E-state index in [1.807, 2.05) is 25.4 Å². The van der Waals surface area contributed by atoms with E-state index in [9.17, 15) is 4.39 Å². The molecule has 3 rings (SSSR count). The lowest BCUT2D eigenvalue weighted by Crippen LogP contribution is -2.29. The summed E-state index contributed by atoms with van der Waals surface area (Å²) < 4.78 is 16.1. The molecule has 3 N–H and O–H groups in total. The second-order valence-corrected chi connectivity index (χ2v) is 5.85. The van der Waals surface area contributed by atoms with Crippen LogP contribution >= 0.6 is 11.3 Å². The molecule has 0 amide bonds. The molecule has 2 aromatic heterocycles. The van der Waals surface area contributed by atoms with Gasteiger partial charge >= 0.3 is 0 Å². The number of halogens is 1. The van der Waals surface area contributed by atoms with Crippen molar-refractivity contribution in [2.24, 2.45) is 12.9 Å². The normalized spacial score (nSPS) is 12.9. The van der Waals surface area contributed by atoms with Crippen LogP contribution in [-0.4, -0.2) is 9.78 Å². The fourth-order valence-corrected chi connectivity index (χ4v) is 3.33. The third-order valence-electron chi connectivity index (χ3n) is 3.22. The van der Waals surface area contributed by atoms with E-state index in [4.69, 9.17) is 5.84 Å². The fraction of sp³-hybridized carbons (Fsp3) is 0.214. The van der Waals surface area contributed by atoms with E-state index in [-0.39, 0.29) is 11.9 Å². The van der Waals surface area contributed by atoms with Crippen molar-refractivity contribution in [2.75, 3.05) is 0 Å². The predicted octanol–water partition coefficient (Wildman–Crippen LogP) is 2.52. The van der Waals surface area contributed by atoms with Gasteiger partial charge in [-0.05, 0) is 35.7 Å². The molecule has 3 aromatic rings. The summed E-state index contributed by atoms with van der Waals surface area (Å²) in [6.07, 6.45) is 2.61. The smallest absolute Gasteiger partial charge is 0.123 e. The maximum Gasteiger partial charge on any atom is 0.123 e. The molecule has 0 aliphatic heterocycles. The van der Waals surface area contributed by atoms with Crippen molar-refractivity contribution in [1.82, 2.24) is 15.2 Å². The maximum atomic E-state index is 13.2. The van der Waals surface area contributed by atoms with Gasteiger partial charge in [-0.2, -0.15) is 5.10 Å². The van der Waals surface area contributed by atoms with Gasteiger partial charge < -0.3 is 0 Å². The van der Waals surface area contributed by atoms with E-state index in [0.29, 0.717) is 6.42 Å². The van der Waals surface area contributed by atoms with Crippen LogP contribution in [0.3, 0.4) is 0 Å². The van der Waals surface area contributed by atoms with Crippen LogP contribution in [0.2, 0.25) is 0 Å². The SMILES string of the molecule is Cn1ccc(CC(NN)c2cc3cc(F)ccc3s2)n1. The molecule has 0 aliphatic carbocycles. The molecule has 0 spiro atoms. The highest BCUT2D eigenvalue weighted by Gasteiger charge is 2.15. The molecule has 1 unspecified atom stereocenters. The molecule has 1 atom stereocenters. The number of benzene rings is 1. The molecular formula is C14H15FN4S. The molecule has 6 heteroatoms. The zero-order chi connectivity index (χ0) is 14.1. The van der Waals surface area contributed by atoms with E-state index < -0.39 is 0 Å². The van der Waals surface area contributed by atoms with E-state index in [2.05, 4.69) is 10.5 Å². The summed E-state index contributed by atoms with van der Waals surface area (Å²) in [6, 6.07) is 8.75. The fourth-order valence-electron chi connectivity index (χ4n) is 2.23. The van der Waals surface area contributed by atoms with Crippen LogP contribution in [0.15, 0.2) is 36.5 Å². The van der Waals surface area contributed by atoms with Crippen LogP contribution in [0.4, 0.5) is 4.39 Å². The van der Waals surface area contributed by atoms with Gasteiger partial charge in [0.25, 0.3) is 0 Å². The number of hydrogen-bond donors (Lipinski definition) is 2. The van der Waals surface area contributed by atoms with Crippen LogP contribution < -0.4 is 11.3 Å². The van der Waals surface area contributed by atoms with Crippen molar-refractivity contribution < 1.29 is 4.39 Å². The molecule has 4 nitrogen and oxygen atoms in total. The summed E-state index contributed by atoms with van der Waals surface area (Å²) in [5.74, 6) is 5.44. The summed E-state index contributed by atoms with van der Waals surface area (Å²) >= 11 is 1.62. The van der Waals surface area contributed by atoms with Crippen molar-refractivity contribution in [3.05, 3.63) is 52.9 Å². The molecule has 1 aromatic carbocycles. The van der Waals surface area contributed by atoms with E-state index in [0.717, 1.165) is 20.7 Å². The Balaban J connectivity index is 1.90. The lowest BCUT2D eigenvalue weighted by Gasteiger charge is -2.12. The van der Waals surface area contributed by atoms with Gasteiger partial charge in [0, 0.05) is 29.2 Å². The minimum Gasteiger partial charge on any atom is -0.276 e. The second-order valence-electron chi connectivity index (χ2n) is 4.74. The Morgan fingerprint density at radius 3 is 2.95 bits per heavy atom. The topological polar surface area (TPSA) is 55.9 Å². The van der Waals surface area contributed by atoms with Crippen molar-refractivity contribution >= 4 is 21.4 Å². The highest BCUT2D eigenvalue weighted by molar-refractivity contribution is 7.19. The highest BCUT2D eigenvalue weighted by atomic mass is 32.1. The van der Waals surface area contributed by atoms with Crippen LogP contribution in [0, 0.1) is 5.82 Å². The van der Waals surface area contributed by atoms with Crippen LogP contribution in [0.25, 0.3) is 10.1 Å². The molecule has 104 valence electrons. The second kappa shape index (κ2) is 5.32. The van der Waals surface area contributed by atoms with Crippen LogP contribution in [-0.2, 0) is 13.5 Å². The largest absolute Gasteiger partial charge is 0.276 e. The lowest BCUT2D eigenvalue weighted by atomic mass is 10.1. The summed E-state index contributed by atoms with van der Waals surface area (Å²) in [4.78, 5) is 1.08. The molecule has 0 radical (unpaired) electrons. The standard InChI is InChI=1S/C14H15FN4S/c1-19-5-4-11(18-19)8-12(17-16)14-7-9-6-10(15)2-3-13(9)20-14/h2-7,12,17H,8,16H2,1H3. The van der Waals surface area contributed by atoms with Crippen molar-refractivity contribution in [3.8, 4) is 0 Å². The molecule has 0 saturated carbocycles. The molecule has 2 heterocycles. The number of rotatable bonds is 4. The van der Waals surface area contributed by atoms with Gasteiger partial charge in [0.15, 0.2) is 0 Å². The molecule has 0 bridgehead atoms. The third-order valence-corrected chi connectivity index (χ3v) is 4.45. The first kappa shape index (κ1) is 13.2. The Hall–Kier alpha value is -1.76. The van der Waals surface area contributed by atoms with Crippen LogP contribution in [0.1, 0.15) is 16.6 Å². The summed E-state index contributed by atoms with van der Waals surface area (Å²) in [6.45, 7) is 0. The van der Waals surface area contributed by atoms with E-state index >= 15 is 0 Å². The van der Waals surface area contributed by atoms with E-state index in [1.165, 1.54) is 6.07 Å². The predicted molar refractivity (Wildman–Crippen MR) is 78.8 cm³/mol. The number of aromatic nitrogens is 2. The van der Waals surface area contributed by atoms with Gasteiger partial charge in [-0.3, -0.25) is 16.0 Å². The minimum absolute atomic E-state index is 0.0228. The first-order valence-electron chi connectivity index (χ1n) is 6.29. The van der Waals surface area contributed by atoms with Crippen molar-refractivity contribution in [2.45, 2.75) is 12.5 Å². The Kier molecular flexibility index (Phi) is 3.52. The van der Waals surface area contributed by atoms with Gasteiger partial charge in [0.1, 0.15) is 5.82 Å². The number of hydrazine groups is 1. The Bertz CT molecular complexity index is 734. The number of aryl methyl sites for hydroxylation is 1. The molecule has 0 fully saturated rings. The van der Waals surface area contributed by atoms with Crippen molar-refractivity contribution in [1.29, 1.82) is 0 Å². The van der Waals surface area contributed by atoms with Crippen LogP contribution in [0.5, 0.6) is 0 Å². The first-order valence-corrected chi connectivity index (χ1v) is 7.11. The Labute approximate surface area is 120 Å². The number of nitrogens with two attached hydrogens (primary N) is 1. The lowest BCUT2D eigenvalue weighted by molar-refractivity contribution is 0.549. The Morgan fingerprint density at radius 2 is 2.25 bits per heavy atom. The quantitative estimate of drug-likeness (QED) is 0.573. The summed E-state index contributed by atoms with van der Waals surface area (Å²) in [5.41, 5.74) is 3.79. The number of nitrogens with zero attached hydrogens (tertiary/aromatic N) is 2. The van der Waals surface area contributed by atoms with Gasteiger partial charge in [0.05, 0.1) is 11.7 Å². The third kappa shape index (κ3) is 2.58. The van der Waals surface area contributed by atoms with E-state index in [1.54, 1.807) is 28.2 Å². The molecule has 0 saturated heterocycles. The number of fused-ring (bicyclic) bond motifs is 1. The Morgan fingerprint density at radius 1 is 1.40 bits per heavy atom. The minimum atomic E-state index is -0.219. The summed E-state index contributed by atoms with van der Waals surface area (Å²) in [5, 5.41) is 5.27. The number of nitrogens with one attached hydrogen (secondary N) is 1. The van der Waals surface area contributed by atoms with Gasteiger partial charge in [-0.25, -0.2) is 4.39 Å². The van der Waals surface area contributed by atoms with Crippen molar-refractivity contribution in [3.63, 3.8) is 0 Å². The first-order chi connectivity index (χ1) is 9.65. The average molecular weight is 290 g/mol. The maximum absolute atomic E-state index is 13.2. The van der Waals surface area contributed by atoms with Gasteiger partial charge in [0.2, 0.25) is 0 Å². The van der Waals surface area contributed by atoms with Gasteiger partial charge in [-0.15, -0.1) is 11.3 Å². The summed E-state index contributed by atoms with van der Waals surface area (Å²) in [7, 11) is 1.89. The monoisotopic (exact) mass is 290 g/mol. The molecule has 0 aliphatic rings. The zero-order valence-corrected chi connectivity index (χ0v) is 11.8. The molecule has 20 heavy (non-hydrogen) atoms. The van der Waals surface area contributed by atoms with Gasteiger partial charge in [-0.1, -0.05) is 0 Å². The zero-order valence-electron chi connectivity index (χ0n) is 11.0. The number of hydrogen-bond acceptors (Lipinski definition) is 4. The molecular weight excluding hydrogens is 275 g/mol. The average Bonchev–Trinajstić information content (AvgIpc) is 3.01. The number of thiophene rings is 1.